The molecule has 2 aliphatic rings. The minimum Gasteiger partial charge on any atom is -0.459 e. The van der Waals surface area contributed by atoms with Crippen LogP contribution in [0.5, 0.6) is 0 Å². The zero-order chi connectivity index (χ0) is 21.2. The Hall–Kier alpha value is -3.39. The van der Waals surface area contributed by atoms with E-state index in [1.807, 2.05) is 29.2 Å². The molecule has 8 heteroatoms. The zero-order valence-corrected chi connectivity index (χ0v) is 17.2. The van der Waals surface area contributed by atoms with Crippen molar-refractivity contribution in [3.63, 3.8) is 0 Å². The van der Waals surface area contributed by atoms with Gasteiger partial charge in [0.15, 0.2) is 5.76 Å². The van der Waals surface area contributed by atoms with Crippen LogP contribution in [-0.2, 0) is 4.74 Å². The van der Waals surface area contributed by atoms with Gasteiger partial charge in [-0.3, -0.25) is 9.59 Å². The lowest BCUT2D eigenvalue weighted by atomic mass is 10.1. The maximum absolute atomic E-state index is 12.9. The van der Waals surface area contributed by atoms with Crippen LogP contribution in [0.15, 0.2) is 53.3 Å². The standard InChI is InChI=1S/C23H24N4O4/c28-22(27-11-14-30-15-12-27)18-4-3-17-5-6-24-21(19(17)16-18)25-7-9-26(10-8-25)23(29)20-2-1-13-31-20/h1-6,13,16H,7-12,14-15H2. The summed E-state index contributed by atoms with van der Waals surface area (Å²) in [7, 11) is 0. The van der Waals surface area contributed by atoms with E-state index < -0.39 is 0 Å². The number of carbonyl (C=O) groups is 2. The van der Waals surface area contributed by atoms with Crippen LogP contribution in [0.2, 0.25) is 0 Å². The van der Waals surface area contributed by atoms with Gasteiger partial charge in [0.05, 0.1) is 19.5 Å². The normalized spacial score (nSPS) is 17.2. The molecule has 0 N–H and O–H groups in total. The van der Waals surface area contributed by atoms with Crippen molar-refractivity contribution in [3.05, 3.63) is 60.2 Å². The van der Waals surface area contributed by atoms with Crippen molar-refractivity contribution in [2.24, 2.45) is 0 Å². The smallest absolute Gasteiger partial charge is 0.289 e. The Kier molecular flexibility index (Phi) is 5.30. The van der Waals surface area contributed by atoms with Gasteiger partial charge in [0.1, 0.15) is 5.82 Å². The molecule has 0 spiro atoms. The summed E-state index contributed by atoms with van der Waals surface area (Å²) in [6, 6.07) is 11.2. The number of aromatic nitrogens is 1. The maximum atomic E-state index is 12.9. The Morgan fingerprint density at radius 1 is 0.871 bits per heavy atom. The Bertz CT molecular complexity index is 1080. The van der Waals surface area contributed by atoms with Gasteiger partial charge in [-0.1, -0.05) is 6.07 Å². The third-order valence-corrected chi connectivity index (χ3v) is 5.89. The van der Waals surface area contributed by atoms with Gasteiger partial charge < -0.3 is 23.9 Å². The molecule has 0 radical (unpaired) electrons. The Balaban J connectivity index is 1.36. The predicted molar refractivity (Wildman–Crippen MR) is 115 cm³/mol. The van der Waals surface area contributed by atoms with E-state index in [4.69, 9.17) is 9.15 Å². The van der Waals surface area contributed by atoms with E-state index in [2.05, 4.69) is 9.88 Å². The summed E-state index contributed by atoms with van der Waals surface area (Å²) in [6.07, 6.45) is 3.31. The van der Waals surface area contributed by atoms with Crippen molar-refractivity contribution >= 4 is 28.4 Å². The maximum Gasteiger partial charge on any atom is 0.289 e. The van der Waals surface area contributed by atoms with Gasteiger partial charge in [0.25, 0.3) is 11.8 Å². The van der Waals surface area contributed by atoms with Crippen LogP contribution in [0.1, 0.15) is 20.9 Å². The highest BCUT2D eigenvalue weighted by atomic mass is 16.5. The van der Waals surface area contributed by atoms with E-state index in [-0.39, 0.29) is 11.8 Å². The van der Waals surface area contributed by atoms with Crippen molar-refractivity contribution in [2.75, 3.05) is 57.4 Å². The molecular formula is C23H24N4O4. The number of rotatable bonds is 3. The first kappa shape index (κ1) is 19.6. The molecule has 0 saturated carbocycles. The number of hydrogen-bond acceptors (Lipinski definition) is 6. The molecule has 0 unspecified atom stereocenters. The minimum atomic E-state index is -0.0890. The summed E-state index contributed by atoms with van der Waals surface area (Å²) in [6.45, 7) is 4.89. The Morgan fingerprint density at radius 2 is 1.65 bits per heavy atom. The van der Waals surface area contributed by atoms with E-state index >= 15 is 0 Å². The molecule has 2 saturated heterocycles. The number of nitrogens with zero attached hydrogens (tertiary/aromatic N) is 4. The molecule has 0 aliphatic carbocycles. The molecule has 31 heavy (non-hydrogen) atoms. The second-order valence-electron chi connectivity index (χ2n) is 7.73. The van der Waals surface area contributed by atoms with E-state index in [1.54, 1.807) is 23.2 Å². The molecule has 4 heterocycles. The SMILES string of the molecule is O=C(c1ccc2ccnc(N3CCN(C(=O)c4ccco4)CC3)c2c1)N1CCOCC1. The monoisotopic (exact) mass is 420 g/mol. The summed E-state index contributed by atoms with van der Waals surface area (Å²) in [5, 5.41) is 1.99. The third-order valence-electron chi connectivity index (χ3n) is 5.89. The molecule has 0 bridgehead atoms. The fraction of sp³-hybridized carbons (Fsp3) is 0.348. The van der Waals surface area contributed by atoms with E-state index in [1.165, 1.54) is 6.26 Å². The molecule has 2 fully saturated rings. The second kappa shape index (κ2) is 8.39. The molecule has 160 valence electrons. The lowest BCUT2D eigenvalue weighted by Gasteiger charge is -2.35. The van der Waals surface area contributed by atoms with Crippen LogP contribution in [0.4, 0.5) is 5.82 Å². The van der Waals surface area contributed by atoms with Crippen LogP contribution in [-0.4, -0.2) is 79.1 Å². The Labute approximate surface area is 180 Å². The van der Waals surface area contributed by atoms with Gasteiger partial charge in [-0.25, -0.2) is 4.98 Å². The van der Waals surface area contributed by atoms with Crippen molar-refractivity contribution < 1.29 is 18.7 Å². The van der Waals surface area contributed by atoms with Crippen molar-refractivity contribution in [3.8, 4) is 0 Å². The highest BCUT2D eigenvalue weighted by Gasteiger charge is 2.25. The van der Waals surface area contributed by atoms with Gasteiger partial charge in [-0.2, -0.15) is 0 Å². The molecule has 2 amide bonds. The highest BCUT2D eigenvalue weighted by molar-refractivity contribution is 6.01. The number of amides is 2. The molecular weight excluding hydrogens is 396 g/mol. The summed E-state index contributed by atoms with van der Waals surface area (Å²) in [5.41, 5.74) is 0.662. The van der Waals surface area contributed by atoms with Crippen LogP contribution in [0.25, 0.3) is 10.8 Å². The number of ether oxygens (including phenoxy) is 1. The minimum absolute atomic E-state index is 0.0221. The van der Waals surface area contributed by atoms with Crippen molar-refractivity contribution in [1.82, 2.24) is 14.8 Å². The molecule has 2 aliphatic heterocycles. The molecule has 2 aromatic heterocycles. The number of fused-ring (bicyclic) bond motifs is 1. The Morgan fingerprint density at radius 3 is 2.39 bits per heavy atom. The predicted octanol–water partition coefficient (Wildman–Crippen LogP) is 2.26. The van der Waals surface area contributed by atoms with Crippen LogP contribution < -0.4 is 4.90 Å². The molecule has 1 aromatic carbocycles. The fourth-order valence-electron chi connectivity index (χ4n) is 4.16. The third kappa shape index (κ3) is 3.86. The van der Waals surface area contributed by atoms with E-state index in [9.17, 15) is 9.59 Å². The number of piperazine rings is 1. The first-order valence-electron chi connectivity index (χ1n) is 10.5. The summed E-state index contributed by atoms with van der Waals surface area (Å²) in [4.78, 5) is 35.9. The van der Waals surface area contributed by atoms with Crippen LogP contribution in [0, 0.1) is 0 Å². The number of carbonyl (C=O) groups excluding carboxylic acids is 2. The fourth-order valence-corrected chi connectivity index (χ4v) is 4.16. The van der Waals surface area contributed by atoms with Gasteiger partial charge in [-0.15, -0.1) is 0 Å². The number of hydrogen-bond donors (Lipinski definition) is 0. The molecule has 0 atom stereocenters. The average molecular weight is 420 g/mol. The first-order chi connectivity index (χ1) is 15.2. The average Bonchev–Trinajstić information content (AvgIpc) is 3.38. The quantitative estimate of drug-likeness (QED) is 0.647. The van der Waals surface area contributed by atoms with Gasteiger partial charge in [-0.05, 0) is 35.7 Å². The van der Waals surface area contributed by atoms with Crippen LogP contribution in [0.3, 0.4) is 0 Å². The first-order valence-corrected chi connectivity index (χ1v) is 10.5. The van der Waals surface area contributed by atoms with E-state index in [0.717, 1.165) is 16.6 Å². The van der Waals surface area contributed by atoms with Crippen molar-refractivity contribution in [1.29, 1.82) is 0 Å². The molecule has 5 rings (SSSR count). The van der Waals surface area contributed by atoms with E-state index in [0.29, 0.717) is 63.8 Å². The topological polar surface area (TPSA) is 79.1 Å². The lowest BCUT2D eigenvalue weighted by Crippen LogP contribution is -2.49. The number of anilines is 1. The van der Waals surface area contributed by atoms with Gasteiger partial charge in [0.2, 0.25) is 0 Å². The highest BCUT2D eigenvalue weighted by Crippen LogP contribution is 2.27. The summed E-state index contributed by atoms with van der Waals surface area (Å²) < 4.78 is 10.6. The number of pyridine rings is 1. The molecule has 3 aromatic rings. The number of morpholine rings is 1. The van der Waals surface area contributed by atoms with Gasteiger partial charge in [0, 0.05) is 56.4 Å². The van der Waals surface area contributed by atoms with Gasteiger partial charge >= 0.3 is 0 Å². The van der Waals surface area contributed by atoms with Crippen LogP contribution >= 0.6 is 0 Å². The lowest BCUT2D eigenvalue weighted by molar-refractivity contribution is 0.0303. The largest absolute Gasteiger partial charge is 0.459 e. The second-order valence-corrected chi connectivity index (χ2v) is 7.73. The number of furan rings is 1. The number of benzene rings is 1. The molecule has 8 nitrogen and oxygen atoms in total. The van der Waals surface area contributed by atoms with Crippen molar-refractivity contribution in [2.45, 2.75) is 0 Å². The summed E-state index contributed by atoms with van der Waals surface area (Å²) >= 11 is 0. The summed E-state index contributed by atoms with van der Waals surface area (Å²) in [5.74, 6) is 1.14. The zero-order valence-electron chi connectivity index (χ0n) is 17.2.